The molecule has 0 aliphatic rings. The smallest absolute Gasteiger partial charge is 0.410 e. The molecule has 3 rings (SSSR count). The van der Waals surface area contributed by atoms with Crippen molar-refractivity contribution in [2.24, 2.45) is 5.41 Å². The summed E-state index contributed by atoms with van der Waals surface area (Å²) >= 11 is 0. The Bertz CT molecular complexity index is 1170. The molecule has 0 aliphatic heterocycles. The van der Waals surface area contributed by atoms with Crippen LogP contribution in [0.4, 0.5) is 10.5 Å². The van der Waals surface area contributed by atoms with Crippen molar-refractivity contribution in [3.8, 4) is 11.4 Å². The third-order valence-electron chi connectivity index (χ3n) is 5.30. The van der Waals surface area contributed by atoms with Gasteiger partial charge in [0.25, 0.3) is 0 Å². The van der Waals surface area contributed by atoms with Crippen molar-refractivity contribution in [1.82, 2.24) is 25.3 Å². The lowest BCUT2D eigenvalue weighted by Gasteiger charge is -2.29. The van der Waals surface area contributed by atoms with Crippen LogP contribution in [0, 0.1) is 5.41 Å². The fourth-order valence-corrected chi connectivity index (χ4v) is 3.21. The van der Waals surface area contributed by atoms with Gasteiger partial charge in [-0.1, -0.05) is 51.1 Å². The number of hydrogen-bond donors (Lipinski definition) is 1. The highest BCUT2D eigenvalue weighted by atomic mass is 16.6. The fraction of sp³-hybridized carbons (Fsp3) is 0.407. The zero-order chi connectivity index (χ0) is 26.5. The van der Waals surface area contributed by atoms with Crippen LogP contribution in [0.2, 0.25) is 0 Å². The van der Waals surface area contributed by atoms with Crippen LogP contribution >= 0.6 is 0 Å². The number of rotatable bonds is 6. The van der Waals surface area contributed by atoms with Crippen molar-refractivity contribution >= 4 is 17.7 Å². The first-order chi connectivity index (χ1) is 16.8. The molecule has 1 aromatic heterocycles. The number of amides is 2. The molecule has 0 radical (unpaired) electrons. The Morgan fingerprint density at radius 1 is 0.889 bits per heavy atom. The van der Waals surface area contributed by atoms with E-state index in [1.54, 1.807) is 31.3 Å². The highest BCUT2D eigenvalue weighted by molar-refractivity contribution is 5.94. The molecule has 2 aromatic carbocycles. The summed E-state index contributed by atoms with van der Waals surface area (Å²) in [5.74, 6) is 0.577. The first kappa shape index (κ1) is 26.7. The van der Waals surface area contributed by atoms with Gasteiger partial charge in [-0.3, -0.25) is 4.79 Å². The quantitative estimate of drug-likeness (QED) is 0.514. The van der Waals surface area contributed by atoms with E-state index in [1.807, 2.05) is 71.9 Å². The van der Waals surface area contributed by atoms with E-state index in [9.17, 15) is 9.59 Å². The van der Waals surface area contributed by atoms with E-state index in [0.717, 1.165) is 5.56 Å². The number of anilines is 1. The molecule has 9 nitrogen and oxygen atoms in total. The minimum Gasteiger partial charge on any atom is -0.444 e. The predicted molar refractivity (Wildman–Crippen MR) is 138 cm³/mol. The SMILES string of the molecule is CN(C(=O)OC(C)(C)C)C(Cc1ccccc1)c1nnc(-c2ccc(NC(=O)C(C)(C)C)cc2)nn1. The average Bonchev–Trinajstić information content (AvgIpc) is 2.82. The molecule has 0 bridgehead atoms. The van der Waals surface area contributed by atoms with Gasteiger partial charge < -0.3 is 15.0 Å². The number of nitrogens with zero attached hydrogens (tertiary/aromatic N) is 5. The number of carbonyl (C=O) groups is 2. The number of carbonyl (C=O) groups excluding carboxylic acids is 2. The molecular weight excluding hydrogens is 456 g/mol. The van der Waals surface area contributed by atoms with Crippen LogP contribution < -0.4 is 5.32 Å². The maximum Gasteiger partial charge on any atom is 0.410 e. The minimum absolute atomic E-state index is 0.0715. The molecule has 190 valence electrons. The molecule has 1 N–H and O–H groups in total. The zero-order valence-electron chi connectivity index (χ0n) is 21.9. The molecular formula is C27H34N6O3. The van der Waals surface area contributed by atoms with Gasteiger partial charge in [-0.25, -0.2) is 4.79 Å². The highest BCUT2D eigenvalue weighted by Gasteiger charge is 2.29. The van der Waals surface area contributed by atoms with Crippen LogP contribution in [0.3, 0.4) is 0 Å². The van der Waals surface area contributed by atoms with Gasteiger partial charge in [-0.15, -0.1) is 20.4 Å². The number of aromatic nitrogens is 4. The van der Waals surface area contributed by atoms with E-state index < -0.39 is 23.2 Å². The van der Waals surface area contributed by atoms with E-state index in [1.165, 1.54) is 4.90 Å². The molecule has 3 aromatic rings. The maximum absolute atomic E-state index is 12.8. The van der Waals surface area contributed by atoms with Gasteiger partial charge in [0, 0.05) is 30.1 Å². The lowest BCUT2D eigenvalue weighted by molar-refractivity contribution is -0.123. The summed E-state index contributed by atoms with van der Waals surface area (Å²) < 4.78 is 5.55. The van der Waals surface area contributed by atoms with E-state index in [0.29, 0.717) is 29.3 Å². The summed E-state index contributed by atoms with van der Waals surface area (Å²) in [6, 6.07) is 16.4. The molecule has 0 saturated carbocycles. The van der Waals surface area contributed by atoms with E-state index in [-0.39, 0.29) is 5.91 Å². The van der Waals surface area contributed by atoms with Gasteiger partial charge in [0.05, 0.1) is 0 Å². The molecule has 1 unspecified atom stereocenters. The second-order valence-corrected chi connectivity index (χ2v) is 10.7. The Morgan fingerprint density at radius 3 is 2.00 bits per heavy atom. The van der Waals surface area contributed by atoms with Crippen LogP contribution in [-0.4, -0.2) is 49.9 Å². The fourth-order valence-electron chi connectivity index (χ4n) is 3.21. The lowest BCUT2D eigenvalue weighted by atomic mass is 9.95. The first-order valence-electron chi connectivity index (χ1n) is 11.8. The van der Waals surface area contributed by atoms with Crippen molar-refractivity contribution in [3.63, 3.8) is 0 Å². The first-order valence-corrected chi connectivity index (χ1v) is 11.8. The van der Waals surface area contributed by atoms with Crippen LogP contribution in [-0.2, 0) is 16.0 Å². The summed E-state index contributed by atoms with van der Waals surface area (Å²) in [4.78, 5) is 26.5. The monoisotopic (exact) mass is 490 g/mol. The van der Waals surface area contributed by atoms with Crippen LogP contribution in [0.25, 0.3) is 11.4 Å². The standard InChI is InChI=1S/C27H34N6O3/c1-26(2,3)24(34)28-20-15-13-19(14-16-20)22-29-31-23(32-30-22)21(17-18-11-9-8-10-12-18)33(7)25(35)36-27(4,5)6/h8-16,21H,17H2,1-7H3,(H,28,34). The van der Waals surface area contributed by atoms with Crippen molar-refractivity contribution in [2.75, 3.05) is 12.4 Å². The summed E-state index contributed by atoms with van der Waals surface area (Å²) in [7, 11) is 1.66. The van der Waals surface area contributed by atoms with Crippen molar-refractivity contribution in [2.45, 2.75) is 59.6 Å². The molecule has 0 saturated heterocycles. The second-order valence-electron chi connectivity index (χ2n) is 10.7. The number of likely N-dealkylation sites (N-methyl/N-ethyl adjacent to an activating group) is 1. The van der Waals surface area contributed by atoms with Gasteiger partial charge in [-0.2, -0.15) is 0 Å². The van der Waals surface area contributed by atoms with Crippen molar-refractivity contribution < 1.29 is 14.3 Å². The number of ether oxygens (including phenoxy) is 1. The van der Waals surface area contributed by atoms with Crippen LogP contribution in [0.5, 0.6) is 0 Å². The summed E-state index contributed by atoms with van der Waals surface area (Å²) in [5, 5.41) is 20.0. The summed E-state index contributed by atoms with van der Waals surface area (Å²) in [5.41, 5.74) is 1.27. The normalized spacial score (nSPS) is 12.5. The highest BCUT2D eigenvalue weighted by Crippen LogP contribution is 2.24. The summed E-state index contributed by atoms with van der Waals surface area (Å²) in [6.45, 7) is 11.0. The Balaban J connectivity index is 1.82. The molecule has 0 aliphatic carbocycles. The van der Waals surface area contributed by atoms with E-state index in [4.69, 9.17) is 4.74 Å². The van der Waals surface area contributed by atoms with Gasteiger partial charge in [-0.05, 0) is 50.6 Å². The van der Waals surface area contributed by atoms with Gasteiger partial charge in [0.2, 0.25) is 11.7 Å². The Kier molecular flexibility index (Phi) is 8.02. The minimum atomic E-state index is -0.637. The predicted octanol–water partition coefficient (Wildman–Crippen LogP) is 5.07. The van der Waals surface area contributed by atoms with Crippen LogP contribution in [0.15, 0.2) is 54.6 Å². The van der Waals surface area contributed by atoms with E-state index in [2.05, 4.69) is 25.7 Å². The molecule has 2 amide bonds. The van der Waals surface area contributed by atoms with Crippen molar-refractivity contribution in [1.29, 1.82) is 0 Å². The Labute approximate surface area is 212 Å². The number of hydrogen-bond acceptors (Lipinski definition) is 7. The largest absolute Gasteiger partial charge is 0.444 e. The number of benzene rings is 2. The second kappa shape index (κ2) is 10.8. The molecule has 0 spiro atoms. The Hall–Kier alpha value is -3.88. The molecule has 1 atom stereocenters. The number of nitrogens with one attached hydrogen (secondary N) is 1. The van der Waals surface area contributed by atoms with Crippen molar-refractivity contribution in [3.05, 3.63) is 66.0 Å². The van der Waals surface area contributed by atoms with E-state index >= 15 is 0 Å². The average molecular weight is 491 g/mol. The Morgan fingerprint density at radius 2 is 1.47 bits per heavy atom. The summed E-state index contributed by atoms with van der Waals surface area (Å²) in [6.07, 6.45) is -0.00874. The third kappa shape index (κ3) is 7.31. The lowest BCUT2D eigenvalue weighted by Crippen LogP contribution is -2.38. The molecule has 36 heavy (non-hydrogen) atoms. The topological polar surface area (TPSA) is 110 Å². The van der Waals surface area contributed by atoms with Gasteiger partial charge in [0.1, 0.15) is 11.6 Å². The molecule has 1 heterocycles. The molecule has 9 heteroatoms. The third-order valence-corrected chi connectivity index (χ3v) is 5.30. The zero-order valence-corrected chi connectivity index (χ0v) is 21.9. The van der Waals surface area contributed by atoms with Crippen LogP contribution in [0.1, 0.15) is 59.0 Å². The van der Waals surface area contributed by atoms with Gasteiger partial charge in [0.15, 0.2) is 5.82 Å². The van der Waals surface area contributed by atoms with Gasteiger partial charge >= 0.3 is 6.09 Å². The maximum atomic E-state index is 12.8. The molecule has 0 fully saturated rings.